The summed E-state index contributed by atoms with van der Waals surface area (Å²) in [7, 11) is 0. The Bertz CT molecular complexity index is 709. The summed E-state index contributed by atoms with van der Waals surface area (Å²) in [6.45, 7) is 4.52. The van der Waals surface area contributed by atoms with Crippen LogP contribution in [0.25, 0.3) is 11.0 Å². The molecule has 1 unspecified atom stereocenters. The summed E-state index contributed by atoms with van der Waals surface area (Å²) < 4.78 is 8.21. The van der Waals surface area contributed by atoms with E-state index in [1.54, 1.807) is 6.07 Å². The molecule has 118 valence electrons. The number of fused-ring (bicyclic) bond motifs is 1. The van der Waals surface area contributed by atoms with Crippen LogP contribution in [0.2, 0.25) is 0 Å². The second-order valence-corrected chi connectivity index (χ2v) is 6.87. The minimum absolute atomic E-state index is 0.134. The summed E-state index contributed by atoms with van der Waals surface area (Å²) >= 11 is 3.47. The highest BCUT2D eigenvalue weighted by Gasteiger charge is 2.26. The molecule has 1 fully saturated rings. The molecule has 3 rings (SSSR count). The normalized spacial score (nSPS) is 16.2. The molecule has 0 spiro atoms. The van der Waals surface area contributed by atoms with Gasteiger partial charge in [0.05, 0.1) is 9.99 Å². The summed E-state index contributed by atoms with van der Waals surface area (Å²) in [4.78, 5) is 11.3. The zero-order valence-corrected chi connectivity index (χ0v) is 14.1. The maximum atomic E-state index is 11.3. The number of aliphatic carboxylic acids is 1. The molecule has 1 saturated carbocycles. The number of carbonyl (C=O) groups is 1. The van der Waals surface area contributed by atoms with E-state index < -0.39 is 12.1 Å². The average molecular weight is 368 g/mol. The first kappa shape index (κ1) is 15.3. The monoisotopic (exact) mass is 367 g/mol. The van der Waals surface area contributed by atoms with Crippen molar-refractivity contribution in [2.24, 2.45) is 11.8 Å². The van der Waals surface area contributed by atoms with E-state index in [0.717, 1.165) is 12.1 Å². The number of carboxylic acids is 1. The van der Waals surface area contributed by atoms with Gasteiger partial charge < -0.3 is 9.84 Å². The first-order valence-electron chi connectivity index (χ1n) is 7.38. The van der Waals surface area contributed by atoms with E-state index in [2.05, 4.69) is 26.2 Å². The Labute approximate surface area is 136 Å². The van der Waals surface area contributed by atoms with Gasteiger partial charge in [-0.25, -0.2) is 9.48 Å². The zero-order valence-electron chi connectivity index (χ0n) is 12.5. The van der Waals surface area contributed by atoms with Gasteiger partial charge in [-0.15, -0.1) is 5.10 Å². The lowest BCUT2D eigenvalue weighted by Crippen LogP contribution is -2.32. The van der Waals surface area contributed by atoms with Gasteiger partial charge in [0.1, 0.15) is 11.3 Å². The number of rotatable bonds is 6. The van der Waals surface area contributed by atoms with Gasteiger partial charge in [-0.3, -0.25) is 0 Å². The maximum Gasteiger partial charge on any atom is 0.345 e. The summed E-state index contributed by atoms with van der Waals surface area (Å²) in [6, 6.07) is 3.66. The molecule has 0 aliphatic heterocycles. The standard InChI is InChI=1S/C15H18BrN3O3/c1-8(2)14(15(20)21)22-11-6-5-10-13(12(11)16)17-18-19(10)7-9-3-4-9/h5-6,8-9,14H,3-4,7H2,1-2H3,(H,20,21). The van der Waals surface area contributed by atoms with Crippen molar-refractivity contribution in [1.82, 2.24) is 15.0 Å². The predicted octanol–water partition coefficient (Wildman–Crippen LogP) is 3.09. The highest BCUT2D eigenvalue weighted by atomic mass is 79.9. The highest BCUT2D eigenvalue weighted by molar-refractivity contribution is 9.10. The van der Waals surface area contributed by atoms with Crippen molar-refractivity contribution in [2.75, 3.05) is 0 Å². The Hall–Kier alpha value is -1.63. The van der Waals surface area contributed by atoms with E-state index in [0.29, 0.717) is 21.7 Å². The number of ether oxygens (including phenoxy) is 1. The molecule has 0 radical (unpaired) electrons. The van der Waals surface area contributed by atoms with Crippen molar-refractivity contribution < 1.29 is 14.6 Å². The van der Waals surface area contributed by atoms with Crippen LogP contribution < -0.4 is 4.74 Å². The lowest BCUT2D eigenvalue weighted by Gasteiger charge is -2.19. The minimum atomic E-state index is -0.973. The van der Waals surface area contributed by atoms with Crippen LogP contribution in [0.15, 0.2) is 16.6 Å². The van der Waals surface area contributed by atoms with Crippen LogP contribution in [0.1, 0.15) is 26.7 Å². The smallest absolute Gasteiger partial charge is 0.345 e. The van der Waals surface area contributed by atoms with Gasteiger partial charge in [0.15, 0.2) is 6.10 Å². The molecule has 0 amide bonds. The Kier molecular flexibility index (Phi) is 4.08. The SMILES string of the molecule is CC(C)C(Oc1ccc2c(nnn2CC2CC2)c1Br)C(=O)O. The third-order valence-corrected chi connectivity index (χ3v) is 4.59. The van der Waals surface area contributed by atoms with Gasteiger partial charge in [0.2, 0.25) is 0 Å². The van der Waals surface area contributed by atoms with Gasteiger partial charge >= 0.3 is 5.97 Å². The van der Waals surface area contributed by atoms with Crippen LogP contribution in [0, 0.1) is 11.8 Å². The van der Waals surface area contributed by atoms with Gasteiger partial charge in [-0.1, -0.05) is 19.1 Å². The number of hydrogen-bond donors (Lipinski definition) is 1. The van der Waals surface area contributed by atoms with Crippen molar-refractivity contribution >= 4 is 32.9 Å². The molecule has 2 aromatic rings. The molecule has 1 aromatic heterocycles. The van der Waals surface area contributed by atoms with E-state index in [1.807, 2.05) is 24.6 Å². The lowest BCUT2D eigenvalue weighted by molar-refractivity contribution is -0.147. The lowest BCUT2D eigenvalue weighted by atomic mass is 10.1. The van der Waals surface area contributed by atoms with Crippen molar-refractivity contribution in [3.63, 3.8) is 0 Å². The number of hydrogen-bond acceptors (Lipinski definition) is 4. The Morgan fingerprint density at radius 2 is 2.23 bits per heavy atom. The number of nitrogens with zero attached hydrogens (tertiary/aromatic N) is 3. The quantitative estimate of drug-likeness (QED) is 0.848. The molecule has 1 aliphatic carbocycles. The molecule has 1 atom stereocenters. The number of halogens is 1. The highest BCUT2D eigenvalue weighted by Crippen LogP contribution is 2.35. The molecular weight excluding hydrogens is 350 g/mol. The fourth-order valence-electron chi connectivity index (χ4n) is 2.37. The van der Waals surface area contributed by atoms with Crippen molar-refractivity contribution in [3.8, 4) is 5.75 Å². The van der Waals surface area contributed by atoms with E-state index >= 15 is 0 Å². The second-order valence-electron chi connectivity index (χ2n) is 6.08. The van der Waals surface area contributed by atoms with Gasteiger partial charge in [0.25, 0.3) is 0 Å². The number of benzene rings is 1. The molecule has 1 heterocycles. The van der Waals surface area contributed by atoms with Crippen LogP contribution in [-0.2, 0) is 11.3 Å². The number of aromatic nitrogens is 3. The summed E-state index contributed by atoms with van der Waals surface area (Å²) in [5.74, 6) is 0.0778. The molecular formula is C15H18BrN3O3. The molecule has 6 nitrogen and oxygen atoms in total. The van der Waals surface area contributed by atoms with E-state index in [9.17, 15) is 9.90 Å². The minimum Gasteiger partial charge on any atom is -0.478 e. The summed E-state index contributed by atoms with van der Waals surface area (Å²) in [5.41, 5.74) is 1.63. The molecule has 0 saturated heterocycles. The van der Waals surface area contributed by atoms with Gasteiger partial charge in [-0.05, 0) is 46.8 Å². The maximum absolute atomic E-state index is 11.3. The van der Waals surface area contributed by atoms with Crippen LogP contribution in [0.4, 0.5) is 0 Å². The molecule has 1 N–H and O–H groups in total. The number of carboxylic acid groups (broad SMARTS) is 1. The molecule has 7 heteroatoms. The average Bonchev–Trinajstić information content (AvgIpc) is 3.17. The molecule has 22 heavy (non-hydrogen) atoms. The van der Waals surface area contributed by atoms with E-state index in [-0.39, 0.29) is 5.92 Å². The second kappa shape index (κ2) is 5.87. The largest absolute Gasteiger partial charge is 0.478 e. The fraction of sp³-hybridized carbons (Fsp3) is 0.533. The Morgan fingerprint density at radius 1 is 1.50 bits per heavy atom. The van der Waals surface area contributed by atoms with Crippen LogP contribution in [0.5, 0.6) is 5.75 Å². The molecule has 1 aliphatic rings. The van der Waals surface area contributed by atoms with E-state index in [4.69, 9.17) is 4.74 Å². The summed E-state index contributed by atoms with van der Waals surface area (Å²) in [5, 5.41) is 17.6. The first-order chi connectivity index (χ1) is 10.5. The predicted molar refractivity (Wildman–Crippen MR) is 84.8 cm³/mol. The van der Waals surface area contributed by atoms with E-state index in [1.165, 1.54) is 12.8 Å². The van der Waals surface area contributed by atoms with Gasteiger partial charge in [0, 0.05) is 12.5 Å². The van der Waals surface area contributed by atoms with Gasteiger partial charge in [-0.2, -0.15) is 0 Å². The third-order valence-electron chi connectivity index (χ3n) is 3.82. The van der Waals surface area contributed by atoms with Crippen molar-refractivity contribution in [3.05, 3.63) is 16.6 Å². The van der Waals surface area contributed by atoms with Crippen molar-refractivity contribution in [2.45, 2.75) is 39.3 Å². The van der Waals surface area contributed by atoms with Crippen LogP contribution in [-0.4, -0.2) is 32.2 Å². The molecule has 0 bridgehead atoms. The van der Waals surface area contributed by atoms with Crippen LogP contribution >= 0.6 is 15.9 Å². The van der Waals surface area contributed by atoms with Crippen molar-refractivity contribution in [1.29, 1.82) is 0 Å². The summed E-state index contributed by atoms with van der Waals surface area (Å²) in [6.07, 6.45) is 1.60. The van der Waals surface area contributed by atoms with Crippen LogP contribution in [0.3, 0.4) is 0 Å². The zero-order chi connectivity index (χ0) is 15.9. The topological polar surface area (TPSA) is 77.2 Å². The Morgan fingerprint density at radius 3 is 2.82 bits per heavy atom. The fourth-order valence-corrected chi connectivity index (χ4v) is 2.87. The first-order valence-corrected chi connectivity index (χ1v) is 8.18. The Balaban J connectivity index is 1.91. The third kappa shape index (κ3) is 2.95. The molecule has 1 aromatic carbocycles.